The number of halogens is 1. The topological polar surface area (TPSA) is 17.1 Å². The van der Waals surface area contributed by atoms with E-state index in [1.54, 1.807) is 18.2 Å². The Labute approximate surface area is 93.9 Å². The molecule has 0 N–H and O–H groups in total. The maximum atomic E-state index is 13.4. The molecule has 1 nitrogen and oxygen atoms in total. The van der Waals surface area contributed by atoms with E-state index in [0.29, 0.717) is 5.39 Å². The van der Waals surface area contributed by atoms with Crippen LogP contribution in [0.4, 0.5) is 4.39 Å². The van der Waals surface area contributed by atoms with Crippen LogP contribution in [0.2, 0.25) is 0 Å². The summed E-state index contributed by atoms with van der Waals surface area (Å²) in [6, 6.07) is 10.4. The van der Waals surface area contributed by atoms with Crippen molar-refractivity contribution in [3.05, 3.63) is 47.8 Å². The first-order valence-corrected chi connectivity index (χ1v) is 5.20. The van der Waals surface area contributed by atoms with Crippen molar-refractivity contribution in [2.75, 3.05) is 0 Å². The second-order valence-corrected chi connectivity index (χ2v) is 4.52. The summed E-state index contributed by atoms with van der Waals surface area (Å²) in [5.74, 6) is -0.229. The number of hydrogen-bond donors (Lipinski definition) is 0. The largest absolute Gasteiger partial charge is 0.302 e. The van der Waals surface area contributed by atoms with E-state index in [1.807, 2.05) is 26.0 Å². The zero-order chi connectivity index (χ0) is 11.8. The molecule has 0 bridgehead atoms. The molecule has 2 heteroatoms. The summed E-state index contributed by atoms with van der Waals surface area (Å²) in [5, 5.41) is 1.42. The third-order valence-electron chi connectivity index (χ3n) is 2.87. The van der Waals surface area contributed by atoms with Gasteiger partial charge in [-0.15, -0.1) is 0 Å². The third-order valence-corrected chi connectivity index (χ3v) is 2.87. The molecule has 0 spiro atoms. The second-order valence-electron chi connectivity index (χ2n) is 4.52. The van der Waals surface area contributed by atoms with E-state index < -0.39 is 5.41 Å². The van der Waals surface area contributed by atoms with Crippen molar-refractivity contribution in [2.45, 2.75) is 19.3 Å². The van der Waals surface area contributed by atoms with Gasteiger partial charge in [-0.3, -0.25) is 0 Å². The van der Waals surface area contributed by atoms with E-state index in [2.05, 4.69) is 0 Å². The Morgan fingerprint density at radius 2 is 1.94 bits per heavy atom. The fraction of sp³-hybridized carbons (Fsp3) is 0.214. The van der Waals surface area contributed by atoms with Crippen molar-refractivity contribution in [1.82, 2.24) is 0 Å². The molecule has 2 aromatic rings. The normalized spacial score (nSPS) is 11.7. The molecule has 0 aliphatic rings. The second kappa shape index (κ2) is 3.71. The van der Waals surface area contributed by atoms with Gasteiger partial charge in [0.25, 0.3) is 0 Å². The smallest absolute Gasteiger partial charge is 0.131 e. The Kier molecular flexibility index (Phi) is 2.50. The first kappa shape index (κ1) is 10.8. The highest BCUT2D eigenvalue weighted by molar-refractivity contribution is 5.85. The van der Waals surface area contributed by atoms with Gasteiger partial charge in [0.05, 0.1) is 0 Å². The van der Waals surface area contributed by atoms with Crippen molar-refractivity contribution in [1.29, 1.82) is 0 Å². The number of carbonyl (C=O) groups is 1. The summed E-state index contributed by atoms with van der Waals surface area (Å²) in [6.07, 6.45) is 0.910. The van der Waals surface area contributed by atoms with E-state index >= 15 is 0 Å². The third kappa shape index (κ3) is 1.71. The van der Waals surface area contributed by atoms with Crippen LogP contribution >= 0.6 is 0 Å². The molecule has 0 fully saturated rings. The number of benzene rings is 2. The highest BCUT2D eigenvalue weighted by atomic mass is 19.1. The number of hydrogen-bond acceptors (Lipinski definition) is 1. The molecule has 0 radical (unpaired) electrons. The minimum atomic E-state index is -0.527. The Balaban J connectivity index is 2.66. The summed E-state index contributed by atoms with van der Waals surface area (Å²) in [4.78, 5) is 11.0. The molecule has 0 heterocycles. The molecule has 2 rings (SSSR count). The van der Waals surface area contributed by atoms with Gasteiger partial charge in [-0.1, -0.05) is 30.3 Å². The highest BCUT2D eigenvalue weighted by Crippen LogP contribution is 2.26. The van der Waals surface area contributed by atoms with E-state index in [1.165, 1.54) is 6.07 Å². The van der Waals surface area contributed by atoms with E-state index in [4.69, 9.17) is 0 Å². The van der Waals surface area contributed by atoms with Crippen LogP contribution in [0, 0.1) is 5.82 Å². The zero-order valence-electron chi connectivity index (χ0n) is 9.33. The lowest BCUT2D eigenvalue weighted by Gasteiger charge is -2.17. The minimum absolute atomic E-state index is 0.229. The predicted molar refractivity (Wildman–Crippen MR) is 63.0 cm³/mol. The standard InChI is InChI=1S/C14H13FO/c1-14(2,9-16)11-6-7-12-10(8-11)4-3-5-13(12)15/h3-9H,1-2H3. The minimum Gasteiger partial charge on any atom is -0.302 e. The molecular formula is C14H13FO. The molecule has 2 aromatic carbocycles. The Morgan fingerprint density at radius 1 is 1.19 bits per heavy atom. The van der Waals surface area contributed by atoms with Crippen LogP contribution in [-0.2, 0) is 10.2 Å². The van der Waals surface area contributed by atoms with Crippen molar-refractivity contribution in [2.24, 2.45) is 0 Å². The summed E-state index contributed by atoms with van der Waals surface area (Å²) >= 11 is 0. The van der Waals surface area contributed by atoms with Gasteiger partial charge in [0.15, 0.2) is 0 Å². The number of rotatable bonds is 2. The van der Waals surface area contributed by atoms with Crippen LogP contribution in [0.3, 0.4) is 0 Å². The molecule has 0 aliphatic carbocycles. The average molecular weight is 216 g/mol. The Morgan fingerprint density at radius 3 is 2.62 bits per heavy atom. The van der Waals surface area contributed by atoms with Crippen LogP contribution in [0.1, 0.15) is 19.4 Å². The van der Waals surface area contributed by atoms with E-state index in [0.717, 1.165) is 17.2 Å². The van der Waals surface area contributed by atoms with Gasteiger partial charge in [0, 0.05) is 10.8 Å². The zero-order valence-corrected chi connectivity index (χ0v) is 9.33. The SMILES string of the molecule is CC(C)(C=O)c1ccc2c(F)cccc2c1. The molecule has 82 valence electrons. The number of carbonyl (C=O) groups excluding carboxylic acids is 1. The molecule has 0 amide bonds. The molecular weight excluding hydrogens is 203 g/mol. The van der Waals surface area contributed by atoms with Gasteiger partial charge >= 0.3 is 0 Å². The number of fused-ring (bicyclic) bond motifs is 1. The predicted octanol–water partition coefficient (Wildman–Crippen LogP) is 3.46. The summed E-state index contributed by atoms with van der Waals surface area (Å²) in [5.41, 5.74) is 0.376. The van der Waals surface area contributed by atoms with Gasteiger partial charge in [0.1, 0.15) is 12.1 Å². The molecule has 0 aliphatic heterocycles. The molecule has 0 unspecified atom stereocenters. The molecule has 0 aromatic heterocycles. The molecule has 16 heavy (non-hydrogen) atoms. The highest BCUT2D eigenvalue weighted by Gasteiger charge is 2.19. The summed E-state index contributed by atoms with van der Waals surface area (Å²) in [7, 11) is 0. The van der Waals surface area contributed by atoms with Crippen molar-refractivity contribution in [3.8, 4) is 0 Å². The van der Waals surface area contributed by atoms with Crippen LogP contribution in [-0.4, -0.2) is 6.29 Å². The van der Waals surface area contributed by atoms with Crippen molar-refractivity contribution in [3.63, 3.8) is 0 Å². The maximum Gasteiger partial charge on any atom is 0.131 e. The summed E-state index contributed by atoms with van der Waals surface area (Å²) in [6.45, 7) is 3.70. The van der Waals surface area contributed by atoms with Gasteiger partial charge in [-0.2, -0.15) is 0 Å². The average Bonchev–Trinajstić information content (AvgIpc) is 2.29. The van der Waals surface area contributed by atoms with Crippen molar-refractivity contribution < 1.29 is 9.18 Å². The van der Waals surface area contributed by atoms with E-state index in [9.17, 15) is 9.18 Å². The Bertz CT molecular complexity index is 543. The van der Waals surface area contributed by atoms with Crippen molar-refractivity contribution >= 4 is 17.1 Å². The monoisotopic (exact) mass is 216 g/mol. The fourth-order valence-corrected chi connectivity index (χ4v) is 1.71. The van der Waals surface area contributed by atoms with Gasteiger partial charge in [-0.25, -0.2) is 4.39 Å². The van der Waals surface area contributed by atoms with E-state index in [-0.39, 0.29) is 5.82 Å². The first-order valence-electron chi connectivity index (χ1n) is 5.20. The lowest BCUT2D eigenvalue weighted by Crippen LogP contribution is -2.18. The lowest BCUT2D eigenvalue weighted by molar-refractivity contribution is -0.111. The summed E-state index contributed by atoms with van der Waals surface area (Å²) < 4.78 is 13.4. The fourth-order valence-electron chi connectivity index (χ4n) is 1.71. The number of aldehydes is 1. The molecule has 0 saturated heterocycles. The van der Waals surface area contributed by atoms with Gasteiger partial charge in [0.2, 0.25) is 0 Å². The molecule has 0 atom stereocenters. The quantitative estimate of drug-likeness (QED) is 0.702. The van der Waals surface area contributed by atoms with Gasteiger partial charge in [-0.05, 0) is 30.9 Å². The van der Waals surface area contributed by atoms with Crippen LogP contribution in [0.15, 0.2) is 36.4 Å². The van der Waals surface area contributed by atoms with Crippen LogP contribution in [0.25, 0.3) is 10.8 Å². The molecule has 0 saturated carbocycles. The maximum absolute atomic E-state index is 13.4. The van der Waals surface area contributed by atoms with Gasteiger partial charge < -0.3 is 4.79 Å². The Hall–Kier alpha value is -1.70. The lowest BCUT2D eigenvalue weighted by atomic mass is 9.85. The first-order chi connectivity index (χ1) is 7.54. The van der Waals surface area contributed by atoms with Crippen LogP contribution < -0.4 is 0 Å². The van der Waals surface area contributed by atoms with Crippen LogP contribution in [0.5, 0.6) is 0 Å².